The van der Waals surface area contributed by atoms with Crippen LogP contribution in [0.25, 0.3) is 0 Å². The van der Waals surface area contributed by atoms with Crippen LogP contribution in [0, 0.1) is 29.6 Å². The van der Waals surface area contributed by atoms with Crippen molar-refractivity contribution < 1.29 is 155 Å². The quantitative estimate of drug-likeness (QED) is 0.0456. The first-order chi connectivity index (χ1) is 66.5. The second-order valence-electron chi connectivity index (χ2n) is 46.4. The third-order valence-electron chi connectivity index (χ3n) is 39.8. The number of ether oxygens (including phenoxy) is 4. The molecule has 9 aliphatic heterocycles. The second kappa shape index (κ2) is 36.5. The predicted octanol–water partition coefficient (Wildman–Crippen LogP) is 3.59. The molecule has 28 nitrogen and oxygen atoms in total. The molecule has 2 unspecified atom stereocenters. The summed E-state index contributed by atoms with van der Waals surface area (Å²) >= 11 is 6.45. The molecule has 14 N–H and O–H groups in total. The van der Waals surface area contributed by atoms with Crippen LogP contribution in [-0.2, 0) is 83.2 Å². The highest BCUT2D eigenvalue weighted by atomic mass is 127. The number of likely N-dealkylation sites (N-methyl/N-ethyl adjacent to an activating group) is 2. The van der Waals surface area contributed by atoms with Crippen LogP contribution in [0.15, 0.2) is 60.7 Å². The lowest BCUT2D eigenvalue weighted by Crippen LogP contribution is -3.00. The number of hydrogen-bond acceptors (Lipinski definition) is 23. The summed E-state index contributed by atoms with van der Waals surface area (Å²) in [6.07, 6.45) is 21.7. The highest BCUT2D eigenvalue weighted by Gasteiger charge is 2.81. The van der Waals surface area contributed by atoms with Gasteiger partial charge in [0.1, 0.15) is 46.3 Å². The molecule has 9 heterocycles. The molecule has 0 radical (unpaired) electrons. The first-order valence-electron chi connectivity index (χ1n) is 51.3. The van der Waals surface area contributed by atoms with Crippen molar-refractivity contribution in [1.82, 2.24) is 14.7 Å². The number of likely N-dealkylation sites (tertiary alicyclic amines) is 5. The smallest absolute Gasteiger partial charge is 0.252 e. The minimum Gasteiger partial charge on any atom is -1.00 e. The van der Waals surface area contributed by atoms with Gasteiger partial charge in [0.2, 0.25) is 0 Å². The van der Waals surface area contributed by atoms with Crippen molar-refractivity contribution in [2.24, 2.45) is 46.8 Å². The first-order valence-corrected chi connectivity index (χ1v) is 57.8. The molecule has 15 fully saturated rings. The fourth-order valence-electron chi connectivity index (χ4n) is 32.9. The van der Waals surface area contributed by atoms with Crippen LogP contribution < -0.4 is 84.1 Å². The Hall–Kier alpha value is -5.29. The van der Waals surface area contributed by atoms with E-state index in [1.807, 2.05) is 45.1 Å². The molecule has 5 aromatic rings. The van der Waals surface area contributed by atoms with Crippen LogP contribution in [0.2, 0.25) is 0 Å². The highest BCUT2D eigenvalue weighted by Crippen LogP contribution is 2.72. The lowest BCUT2D eigenvalue weighted by molar-refractivity contribution is -0.950. The van der Waals surface area contributed by atoms with E-state index >= 15 is 0 Å². The largest absolute Gasteiger partial charge is 1.00 e. The number of alkyl halides is 3. The van der Waals surface area contributed by atoms with Crippen molar-refractivity contribution in [3.05, 3.63) is 133 Å². The summed E-state index contributed by atoms with van der Waals surface area (Å²) in [5.74, 6) is 4.23. The highest BCUT2D eigenvalue weighted by molar-refractivity contribution is 14.1. The van der Waals surface area contributed by atoms with Gasteiger partial charge in [-0.1, -0.05) is 98.1 Å². The molecule has 141 heavy (non-hydrogen) atoms. The molecule has 5 aromatic carbocycles. The lowest BCUT2D eigenvalue weighted by atomic mass is 9.48. The van der Waals surface area contributed by atoms with Crippen molar-refractivity contribution in [1.29, 1.82) is 0 Å². The molecule has 24 aliphatic rings. The lowest BCUT2D eigenvalue weighted by Gasteiger charge is -2.64. The Kier molecular flexibility index (Phi) is 26.7. The Morgan fingerprint density at radius 3 is 1.03 bits per heavy atom. The van der Waals surface area contributed by atoms with Crippen molar-refractivity contribution in [2.75, 3.05) is 94.3 Å². The van der Waals surface area contributed by atoms with Gasteiger partial charge in [-0.25, -0.2) is 0 Å². The molecule has 10 saturated carbocycles. The zero-order chi connectivity index (χ0) is 97.9. The minimum atomic E-state index is -1.06. The number of benzene rings is 5. The van der Waals surface area contributed by atoms with E-state index in [1.54, 1.807) is 30.3 Å². The summed E-state index contributed by atoms with van der Waals surface area (Å²) in [4.78, 5) is 113. The van der Waals surface area contributed by atoms with Gasteiger partial charge in [0, 0.05) is 147 Å². The van der Waals surface area contributed by atoms with E-state index < -0.39 is 97.2 Å². The summed E-state index contributed by atoms with van der Waals surface area (Å²) in [7, 11) is 4.60. The van der Waals surface area contributed by atoms with Crippen molar-refractivity contribution in [3.8, 4) is 40.2 Å². The van der Waals surface area contributed by atoms with E-state index in [2.05, 4.69) is 96.6 Å². The van der Waals surface area contributed by atoms with Gasteiger partial charge in [-0.15, -0.1) is 0 Å². The van der Waals surface area contributed by atoms with Crippen LogP contribution in [0.1, 0.15) is 254 Å². The Bertz CT molecular complexity index is 6000. The van der Waals surface area contributed by atoms with Gasteiger partial charge < -0.3 is 134 Å². The number of quaternary nitrogens is 2. The van der Waals surface area contributed by atoms with Gasteiger partial charge in [-0.2, -0.15) is 0 Å². The average Bonchev–Trinajstić information content (AvgIpc) is 1.36. The van der Waals surface area contributed by atoms with Crippen LogP contribution in [0.5, 0.6) is 40.2 Å². The fourth-order valence-corrected chi connectivity index (χ4v) is 32.9. The molecule has 5 saturated heterocycles. The number of primary amides is 3. The Balaban J connectivity index is 0.000000106. The number of hydrogen-bond donors (Lipinski definition) is 11. The molecule has 33 heteroatoms. The van der Waals surface area contributed by atoms with Gasteiger partial charge in [-0.3, -0.25) is 53.1 Å². The number of nitrogens with zero attached hydrogens (tertiary/aromatic N) is 5. The molecular weight excluding hydrogens is 2360 g/mol. The first kappa shape index (κ1) is 103. The van der Waals surface area contributed by atoms with Gasteiger partial charge in [0.05, 0.1) is 95.4 Å². The summed E-state index contributed by atoms with van der Waals surface area (Å²) in [5, 5.41) is 92.1. The van der Waals surface area contributed by atoms with E-state index in [4.69, 9.17) is 36.1 Å². The molecule has 15 aliphatic carbocycles. The molecular formula is C108H135I5N8O20. The number of fused-ring (bicyclic) bond motifs is 1. The number of rotatable bonds is 13. The second-order valence-corrected chi connectivity index (χ2v) is 46.4. The number of piperidine rings is 5. The number of nitrogens with two attached hydrogens (primary N) is 3. The van der Waals surface area contributed by atoms with Gasteiger partial charge in [0.15, 0.2) is 70.5 Å². The number of halogens is 5. The SMILES string of the molecule is CI.CI.CI.C[N+]1(CC2CC2)CC[C@]23c4c5ccc(C(N)=O)c4O[C@H]2C(=O)CC[C@@]3(O)[C@H]1C5.C[N+]1(CC2CC2)CC[C@]23c4c5ccc(O)c4O[C@H]2C(=O)CC[C@@]3(O)[C@H]1C5.NC(=O)c1ccc2c(c1O)[C@]13CCN(CC4CC4)[C@H](C2)[C@]1(O)CCC(=O)C3.NC(=O)c1ccc2c3c1O[C@H]1C(=O)CC[C@@]4(O)[C@@H](C2)N(CC2CC2)CC[C@]314.O=C1CC[C@@]2(O)[C@H]3Cc4ccc(O)c5c4[C@@]2(CCN3CC2CC2)[C@H]1O5.[I-].[I-]. The number of Topliss-reactive ketones (excluding diaryl/α,β-unsaturated/α-hetero) is 5. The van der Waals surface area contributed by atoms with Crippen molar-refractivity contribution in [2.45, 2.75) is 309 Å². The molecule has 21 atom stereocenters. The zero-order valence-corrected chi connectivity index (χ0v) is 92.0. The van der Waals surface area contributed by atoms with Gasteiger partial charge in [-0.05, 0) is 245 Å². The number of amides is 3. The molecule has 10 bridgehead atoms. The number of ketones is 5. The number of aromatic hydroxyl groups is 3. The molecule has 0 aromatic heterocycles. The Morgan fingerprint density at radius 1 is 0.369 bits per heavy atom. The molecule has 4 spiro atoms. The summed E-state index contributed by atoms with van der Waals surface area (Å²) in [5.41, 5.74) is 18.5. The molecule has 29 rings (SSSR count). The summed E-state index contributed by atoms with van der Waals surface area (Å²) in [6, 6.07) is 18.3. The summed E-state index contributed by atoms with van der Waals surface area (Å²) in [6.45, 7) is 9.76. The normalized spacial score (nSPS) is 38.6. The Morgan fingerprint density at radius 2 is 0.667 bits per heavy atom. The van der Waals surface area contributed by atoms with Crippen molar-refractivity contribution in [3.63, 3.8) is 0 Å². The number of aliphatic hydroxyl groups is 5. The molecule has 3 amide bonds. The average molecular weight is 2500 g/mol. The van der Waals surface area contributed by atoms with E-state index in [0.29, 0.717) is 130 Å². The van der Waals surface area contributed by atoms with Crippen LogP contribution in [0.4, 0.5) is 0 Å². The number of phenolic OH excluding ortho intramolecular Hbond substituents is 2. The van der Waals surface area contributed by atoms with E-state index in [-0.39, 0.29) is 136 Å². The summed E-state index contributed by atoms with van der Waals surface area (Å²) < 4.78 is 26.2. The maximum atomic E-state index is 12.9. The number of carbonyl (C=O) groups is 8. The monoisotopic (exact) mass is 2500 g/mol. The predicted molar refractivity (Wildman–Crippen MR) is 540 cm³/mol. The van der Waals surface area contributed by atoms with Crippen LogP contribution in [-0.4, -0.2) is 288 Å². The van der Waals surface area contributed by atoms with Crippen LogP contribution in [0.3, 0.4) is 0 Å². The zero-order valence-electron chi connectivity index (χ0n) is 81.2. The van der Waals surface area contributed by atoms with E-state index in [9.17, 15) is 79.2 Å². The topological polar surface area (TPSA) is 423 Å². The number of carbonyl (C=O) groups excluding carboxylic acids is 8. The third kappa shape index (κ3) is 14.8. The maximum Gasteiger partial charge on any atom is 0.252 e. The third-order valence-corrected chi connectivity index (χ3v) is 39.8. The Labute approximate surface area is 898 Å². The fraction of sp³-hybridized carbons (Fsp3) is 0.648. The van der Waals surface area contributed by atoms with E-state index in [1.165, 1.54) is 64.2 Å². The van der Waals surface area contributed by atoms with Crippen LogP contribution >= 0.6 is 67.8 Å². The maximum absolute atomic E-state index is 12.9. The van der Waals surface area contributed by atoms with Gasteiger partial charge >= 0.3 is 0 Å². The van der Waals surface area contributed by atoms with Gasteiger partial charge in [0.25, 0.3) is 17.7 Å². The van der Waals surface area contributed by atoms with Crippen molar-refractivity contribution >= 4 is 114 Å². The van der Waals surface area contributed by atoms with E-state index in [0.717, 1.165) is 193 Å². The molecule has 762 valence electrons. The minimum absolute atomic E-state index is 0. The standard InChI is InChI=1S/C22H26N2O4.C21H24N2O4.C21H26N2O4.C21H25NO4.C20H23NO4.3CH3I.2HI/c1-24(11-12-2-3-12)9-8-21-17-13-4-5-14(20(23)26)18(17)28-19(21)15(25)6-7-22(21,27)16(24)10-13;22-19(25)13-4-3-12-9-15-21(26)6-5-14(24)18-20(21,16(12)17(13)27-18)7-8-23(15)10-11-1-2-11;22-19(26)15-4-3-13-9-16-21(27)6-5-14(24)10-20(21,17(13)18(15)25)7-8-23(16)11-12-1-2-12;1-22(11-12-2-3-12)9-8-20-17-13-4-5-14(23)18(17)26-19(20)15(24)6-7-21(20,25)16(22)10-13;22-13-4-3-12-9-15-20(24)6-5-14(23)18-19(20,16(12)17(13)25-18)7-8-21(15)10-11-1-2-11;3*1-2;;/h4-5,12,16,19,27H,2-3,6-11H2,1H3,(H-,23,26);3-4,11,15,18,26H,1-2,5-10H2,(H2,22,25);3-4,12,16,25,27H,1-2,5-11H2,(H2,22,26);4-5,12,16,19,25H,2-3,6-11H2,1H3;3-4,11,15,18,22,24H,1-2,5-10H2;3*1H3;2*1H/t16-,19+,21+,22-,24?;15-,18+,20+,21-;16-,20-,21-;16-,19+,20+,21-,22?;15-,18+,19+,20-;;;;;/m11111...../s1. The number of phenols is 3.